The van der Waals surface area contributed by atoms with Crippen LogP contribution in [0.25, 0.3) is 0 Å². The van der Waals surface area contributed by atoms with Crippen LogP contribution in [0.15, 0.2) is 36.4 Å². The van der Waals surface area contributed by atoms with Gasteiger partial charge < -0.3 is 15.2 Å². The summed E-state index contributed by atoms with van der Waals surface area (Å²) in [6.07, 6.45) is 0.508. The van der Waals surface area contributed by atoms with Crippen molar-refractivity contribution in [2.24, 2.45) is 5.73 Å². The van der Waals surface area contributed by atoms with E-state index in [1.807, 2.05) is 25.1 Å². The van der Waals surface area contributed by atoms with Crippen LogP contribution in [0, 0.1) is 12.7 Å². The molecule has 0 amide bonds. The van der Waals surface area contributed by atoms with Crippen molar-refractivity contribution >= 4 is 0 Å². The summed E-state index contributed by atoms with van der Waals surface area (Å²) in [5.41, 5.74) is 8.72. The summed E-state index contributed by atoms with van der Waals surface area (Å²) >= 11 is 0. The molecule has 1 atom stereocenters. The Morgan fingerprint density at radius 1 is 1.10 bits per heavy atom. The number of aryl methyl sites for hydroxylation is 1. The maximum atomic E-state index is 14.1. The van der Waals surface area contributed by atoms with Crippen LogP contribution in [0.4, 0.5) is 4.39 Å². The van der Waals surface area contributed by atoms with Crippen LogP contribution in [0.1, 0.15) is 22.7 Å². The van der Waals surface area contributed by atoms with Crippen molar-refractivity contribution in [3.05, 3.63) is 58.9 Å². The summed E-state index contributed by atoms with van der Waals surface area (Å²) in [6, 6.07) is 10.2. The van der Waals surface area contributed by atoms with E-state index in [0.717, 1.165) is 16.9 Å². The average Bonchev–Trinajstić information content (AvgIpc) is 2.47. The van der Waals surface area contributed by atoms with Gasteiger partial charge in [-0.3, -0.25) is 0 Å². The van der Waals surface area contributed by atoms with Gasteiger partial charge in [-0.05, 0) is 31.0 Å². The third kappa shape index (κ3) is 3.52. The fourth-order valence-corrected chi connectivity index (χ4v) is 2.35. The van der Waals surface area contributed by atoms with E-state index in [9.17, 15) is 4.39 Å². The lowest BCUT2D eigenvalue weighted by atomic mass is 9.97. The maximum absolute atomic E-state index is 14.1. The third-order valence-electron chi connectivity index (χ3n) is 3.48. The maximum Gasteiger partial charge on any atom is 0.131 e. The molecule has 2 rings (SSSR count). The molecule has 0 aromatic heterocycles. The van der Waals surface area contributed by atoms with Gasteiger partial charge in [-0.2, -0.15) is 0 Å². The first-order valence-electron chi connectivity index (χ1n) is 6.77. The molecule has 2 N–H and O–H groups in total. The van der Waals surface area contributed by atoms with Crippen molar-refractivity contribution in [1.82, 2.24) is 0 Å². The van der Waals surface area contributed by atoms with Gasteiger partial charge in [0.05, 0.1) is 14.2 Å². The monoisotopic (exact) mass is 289 g/mol. The molecule has 3 nitrogen and oxygen atoms in total. The number of nitrogens with two attached hydrogens (primary N) is 1. The van der Waals surface area contributed by atoms with E-state index in [1.165, 1.54) is 13.2 Å². The van der Waals surface area contributed by atoms with Gasteiger partial charge in [0.15, 0.2) is 0 Å². The van der Waals surface area contributed by atoms with Crippen molar-refractivity contribution in [1.29, 1.82) is 0 Å². The number of hydrogen-bond acceptors (Lipinski definition) is 3. The summed E-state index contributed by atoms with van der Waals surface area (Å²) in [6.45, 7) is 2.00. The van der Waals surface area contributed by atoms with Crippen LogP contribution in [-0.4, -0.2) is 14.2 Å². The van der Waals surface area contributed by atoms with Crippen LogP contribution < -0.4 is 15.2 Å². The largest absolute Gasteiger partial charge is 0.497 e. The smallest absolute Gasteiger partial charge is 0.131 e. The predicted molar refractivity (Wildman–Crippen MR) is 81.3 cm³/mol. The van der Waals surface area contributed by atoms with E-state index in [1.54, 1.807) is 19.2 Å². The van der Waals surface area contributed by atoms with Crippen LogP contribution in [0.3, 0.4) is 0 Å². The Balaban J connectivity index is 2.25. The summed E-state index contributed by atoms with van der Waals surface area (Å²) in [7, 11) is 3.12. The fourth-order valence-electron chi connectivity index (χ4n) is 2.35. The molecule has 2 aromatic carbocycles. The quantitative estimate of drug-likeness (QED) is 0.917. The second kappa shape index (κ2) is 6.59. The lowest BCUT2D eigenvalue weighted by Crippen LogP contribution is -2.15. The van der Waals surface area contributed by atoms with Gasteiger partial charge in [0.25, 0.3) is 0 Å². The minimum Gasteiger partial charge on any atom is -0.497 e. The van der Waals surface area contributed by atoms with E-state index in [4.69, 9.17) is 15.2 Å². The number of rotatable bonds is 5. The fraction of sp³-hybridized carbons (Fsp3) is 0.294. The van der Waals surface area contributed by atoms with Crippen LogP contribution in [0.2, 0.25) is 0 Å². The van der Waals surface area contributed by atoms with Gasteiger partial charge in [0.2, 0.25) is 0 Å². The number of ether oxygens (including phenoxy) is 2. The summed E-state index contributed by atoms with van der Waals surface area (Å²) < 4.78 is 24.4. The van der Waals surface area contributed by atoms with Gasteiger partial charge >= 0.3 is 0 Å². The zero-order chi connectivity index (χ0) is 15.4. The first-order chi connectivity index (χ1) is 10.0. The molecule has 0 saturated carbocycles. The molecule has 21 heavy (non-hydrogen) atoms. The van der Waals surface area contributed by atoms with Gasteiger partial charge in [0.1, 0.15) is 17.3 Å². The summed E-state index contributed by atoms with van der Waals surface area (Å²) in [4.78, 5) is 0. The van der Waals surface area contributed by atoms with Gasteiger partial charge in [-0.1, -0.05) is 23.8 Å². The van der Waals surface area contributed by atoms with Gasteiger partial charge in [-0.15, -0.1) is 0 Å². The number of halogens is 1. The molecule has 0 saturated heterocycles. The molecule has 0 spiro atoms. The van der Waals surface area contributed by atoms with Gasteiger partial charge in [0, 0.05) is 17.7 Å². The van der Waals surface area contributed by atoms with E-state index in [-0.39, 0.29) is 5.82 Å². The highest BCUT2D eigenvalue weighted by Crippen LogP contribution is 2.27. The summed E-state index contributed by atoms with van der Waals surface area (Å²) in [5.74, 6) is 0.898. The Morgan fingerprint density at radius 3 is 2.48 bits per heavy atom. The average molecular weight is 289 g/mol. The molecule has 0 bridgehead atoms. The van der Waals surface area contributed by atoms with E-state index in [0.29, 0.717) is 17.7 Å². The second-order valence-corrected chi connectivity index (χ2v) is 5.01. The molecule has 0 aliphatic heterocycles. The molecule has 0 aliphatic carbocycles. The third-order valence-corrected chi connectivity index (χ3v) is 3.48. The first-order valence-corrected chi connectivity index (χ1v) is 6.77. The molecular formula is C17H20FNO2. The standard InChI is InChI=1S/C17H20FNO2/c1-11-4-7-17(21-3)12(8-11)9-16(19)14-6-5-13(20-2)10-15(14)18/h4-8,10,16H,9,19H2,1-3H3. The Labute approximate surface area is 124 Å². The first kappa shape index (κ1) is 15.3. The number of hydrogen-bond donors (Lipinski definition) is 1. The lowest BCUT2D eigenvalue weighted by molar-refractivity contribution is 0.406. The topological polar surface area (TPSA) is 44.5 Å². The highest BCUT2D eigenvalue weighted by atomic mass is 19.1. The van der Waals surface area contributed by atoms with Gasteiger partial charge in [-0.25, -0.2) is 4.39 Å². The molecule has 0 radical (unpaired) electrons. The molecular weight excluding hydrogens is 269 g/mol. The Bertz CT molecular complexity index is 628. The Hall–Kier alpha value is -2.07. The molecule has 2 aromatic rings. The molecule has 4 heteroatoms. The second-order valence-electron chi connectivity index (χ2n) is 5.01. The number of benzene rings is 2. The van der Waals surface area contributed by atoms with Crippen LogP contribution in [-0.2, 0) is 6.42 Å². The molecule has 0 fully saturated rings. The van der Waals surface area contributed by atoms with Crippen molar-refractivity contribution in [3.8, 4) is 11.5 Å². The normalized spacial score (nSPS) is 12.0. The highest BCUT2D eigenvalue weighted by Gasteiger charge is 2.15. The van der Waals surface area contributed by atoms with Crippen molar-refractivity contribution in [2.45, 2.75) is 19.4 Å². The predicted octanol–water partition coefficient (Wildman–Crippen LogP) is 3.39. The van der Waals surface area contributed by atoms with Crippen LogP contribution in [0.5, 0.6) is 11.5 Å². The number of methoxy groups -OCH3 is 2. The lowest BCUT2D eigenvalue weighted by Gasteiger charge is -2.16. The van der Waals surface area contributed by atoms with Crippen LogP contribution >= 0.6 is 0 Å². The highest BCUT2D eigenvalue weighted by molar-refractivity contribution is 5.39. The van der Waals surface area contributed by atoms with Crippen molar-refractivity contribution in [3.63, 3.8) is 0 Å². The van der Waals surface area contributed by atoms with Crippen molar-refractivity contribution < 1.29 is 13.9 Å². The Morgan fingerprint density at radius 2 is 1.86 bits per heavy atom. The van der Waals surface area contributed by atoms with Crippen molar-refractivity contribution in [2.75, 3.05) is 14.2 Å². The molecule has 0 heterocycles. The van der Waals surface area contributed by atoms with E-state index >= 15 is 0 Å². The minimum atomic E-state index is -0.438. The Kier molecular flexibility index (Phi) is 4.81. The zero-order valence-corrected chi connectivity index (χ0v) is 12.5. The molecule has 0 aliphatic rings. The SMILES string of the molecule is COc1ccc(C(N)Cc2cc(C)ccc2OC)c(F)c1. The summed E-state index contributed by atoms with van der Waals surface area (Å²) in [5, 5.41) is 0. The van der Waals surface area contributed by atoms with E-state index in [2.05, 4.69) is 0 Å². The molecule has 1 unspecified atom stereocenters. The zero-order valence-electron chi connectivity index (χ0n) is 12.5. The van der Waals surface area contributed by atoms with E-state index < -0.39 is 6.04 Å². The molecule has 112 valence electrons. The minimum absolute atomic E-state index is 0.353.